The van der Waals surface area contributed by atoms with Gasteiger partial charge in [-0.25, -0.2) is 0 Å². The molecule has 0 unspecified atom stereocenters. The summed E-state index contributed by atoms with van der Waals surface area (Å²) < 4.78 is 0. The maximum atomic E-state index is 11.7. The third kappa shape index (κ3) is 1.09. The molecule has 0 heterocycles. The highest BCUT2D eigenvalue weighted by Gasteiger charge is 2.65. The summed E-state index contributed by atoms with van der Waals surface area (Å²) >= 11 is 23.7. The van der Waals surface area contributed by atoms with E-state index < -0.39 is 21.3 Å². The SMILES string of the molecule is C=C1C[C@@]2(Cl)C(=O)C(=O)[C@]1(Cl)C(Cl)=C2Cl. The van der Waals surface area contributed by atoms with Gasteiger partial charge in [-0.2, -0.15) is 0 Å². The third-order valence-corrected chi connectivity index (χ3v) is 5.06. The Morgan fingerprint density at radius 2 is 1.60 bits per heavy atom. The van der Waals surface area contributed by atoms with Crippen molar-refractivity contribution in [3.8, 4) is 0 Å². The Labute approximate surface area is 106 Å². The lowest BCUT2D eigenvalue weighted by molar-refractivity contribution is -0.139. The number of carbonyl (C=O) groups excluding carboxylic acids is 2. The number of Topliss-reactive ketones (excluding diaryl/α,β-unsaturated/α-hetero) is 2. The molecule has 0 saturated heterocycles. The smallest absolute Gasteiger partial charge is 0.231 e. The normalized spacial score (nSPS) is 40.4. The second-order valence-corrected chi connectivity index (χ2v) is 5.49. The van der Waals surface area contributed by atoms with Crippen LogP contribution in [-0.2, 0) is 9.59 Å². The molecule has 2 nitrogen and oxygen atoms in total. The zero-order chi connectivity index (χ0) is 11.6. The van der Waals surface area contributed by atoms with Crippen LogP contribution < -0.4 is 0 Å². The minimum absolute atomic E-state index is 0.0394. The Bertz CT molecular complexity index is 453. The first-order valence-corrected chi connectivity index (χ1v) is 5.49. The van der Waals surface area contributed by atoms with Gasteiger partial charge in [-0.05, 0) is 5.57 Å². The largest absolute Gasteiger partial charge is 0.288 e. The van der Waals surface area contributed by atoms with Gasteiger partial charge in [0, 0.05) is 6.42 Å². The Morgan fingerprint density at radius 1 is 1.07 bits per heavy atom. The fraction of sp³-hybridized carbons (Fsp3) is 0.333. The first-order chi connectivity index (χ1) is 6.76. The molecular formula is C9H4Cl4O2. The predicted octanol–water partition coefficient (Wildman–Crippen LogP) is 2.74. The van der Waals surface area contributed by atoms with Crippen molar-refractivity contribution in [1.82, 2.24) is 0 Å². The van der Waals surface area contributed by atoms with E-state index in [2.05, 4.69) is 6.58 Å². The van der Waals surface area contributed by atoms with Gasteiger partial charge < -0.3 is 0 Å². The van der Waals surface area contributed by atoms with Gasteiger partial charge in [-0.3, -0.25) is 9.59 Å². The molecule has 6 heteroatoms. The van der Waals surface area contributed by atoms with Crippen molar-refractivity contribution in [3.05, 3.63) is 22.2 Å². The van der Waals surface area contributed by atoms with Crippen molar-refractivity contribution in [1.29, 1.82) is 0 Å². The van der Waals surface area contributed by atoms with Crippen molar-refractivity contribution in [2.24, 2.45) is 0 Å². The molecule has 1 fully saturated rings. The van der Waals surface area contributed by atoms with Crippen molar-refractivity contribution in [2.75, 3.05) is 0 Å². The number of rotatable bonds is 0. The van der Waals surface area contributed by atoms with E-state index in [0.717, 1.165) is 0 Å². The molecule has 2 bridgehead atoms. The van der Waals surface area contributed by atoms with Crippen molar-refractivity contribution in [2.45, 2.75) is 16.2 Å². The average Bonchev–Trinajstić information content (AvgIpc) is 2.19. The van der Waals surface area contributed by atoms with E-state index in [1.54, 1.807) is 0 Å². The first kappa shape index (κ1) is 11.5. The molecule has 0 spiro atoms. The average molecular weight is 286 g/mol. The van der Waals surface area contributed by atoms with Gasteiger partial charge in [0.25, 0.3) is 0 Å². The van der Waals surface area contributed by atoms with Crippen LogP contribution in [-0.4, -0.2) is 21.3 Å². The fourth-order valence-corrected chi connectivity index (χ4v) is 3.11. The van der Waals surface area contributed by atoms with Crippen LogP contribution in [0.4, 0.5) is 0 Å². The molecule has 2 atom stereocenters. The van der Waals surface area contributed by atoms with Gasteiger partial charge in [0.05, 0.1) is 10.1 Å². The molecule has 15 heavy (non-hydrogen) atoms. The van der Waals surface area contributed by atoms with E-state index in [-0.39, 0.29) is 16.5 Å². The number of hydrogen-bond acceptors (Lipinski definition) is 2. The molecule has 3 rings (SSSR count). The summed E-state index contributed by atoms with van der Waals surface area (Å²) in [6.07, 6.45) is 0.0394. The minimum Gasteiger partial charge on any atom is -0.288 e. The van der Waals surface area contributed by atoms with Crippen LogP contribution in [0.15, 0.2) is 22.2 Å². The summed E-state index contributed by atoms with van der Waals surface area (Å²) in [7, 11) is 0. The second kappa shape index (κ2) is 3.01. The molecule has 80 valence electrons. The number of halogens is 4. The Kier molecular flexibility index (Phi) is 2.30. The van der Waals surface area contributed by atoms with Crippen LogP contribution in [0.25, 0.3) is 0 Å². The Balaban J connectivity index is 2.83. The van der Waals surface area contributed by atoms with E-state index in [0.29, 0.717) is 5.57 Å². The van der Waals surface area contributed by atoms with Gasteiger partial charge in [-0.1, -0.05) is 41.4 Å². The fourth-order valence-electron chi connectivity index (χ4n) is 1.75. The zero-order valence-corrected chi connectivity index (χ0v) is 10.3. The first-order valence-electron chi connectivity index (χ1n) is 3.97. The van der Waals surface area contributed by atoms with Crippen molar-refractivity contribution >= 4 is 58.0 Å². The van der Waals surface area contributed by atoms with E-state index in [4.69, 9.17) is 46.4 Å². The molecule has 3 aliphatic carbocycles. The molecular weight excluding hydrogens is 282 g/mol. The van der Waals surface area contributed by atoms with Crippen LogP contribution >= 0.6 is 46.4 Å². The highest BCUT2D eigenvalue weighted by atomic mass is 35.5. The standard InChI is InChI=1S/C9H4Cl4O2/c1-3-2-8(12)4(10)5(11)9(3,13)7(15)6(8)14/h1-2H2/t8-,9+/m0/s1. The van der Waals surface area contributed by atoms with Gasteiger partial charge in [-0.15, -0.1) is 11.6 Å². The van der Waals surface area contributed by atoms with Crippen LogP contribution in [0.2, 0.25) is 0 Å². The lowest BCUT2D eigenvalue weighted by Crippen LogP contribution is -2.59. The van der Waals surface area contributed by atoms with Crippen LogP contribution in [0.1, 0.15) is 6.42 Å². The molecule has 0 aromatic carbocycles. The lowest BCUT2D eigenvalue weighted by atomic mass is 9.70. The molecule has 0 aromatic heterocycles. The monoisotopic (exact) mass is 284 g/mol. The number of hydrogen-bond donors (Lipinski definition) is 0. The predicted molar refractivity (Wildman–Crippen MR) is 59.7 cm³/mol. The van der Waals surface area contributed by atoms with E-state index in [1.807, 2.05) is 0 Å². The van der Waals surface area contributed by atoms with Gasteiger partial charge in [0.1, 0.15) is 0 Å². The molecule has 1 saturated carbocycles. The Morgan fingerprint density at radius 3 is 2.13 bits per heavy atom. The van der Waals surface area contributed by atoms with Crippen LogP contribution in [0.3, 0.4) is 0 Å². The van der Waals surface area contributed by atoms with Gasteiger partial charge in [0.15, 0.2) is 9.75 Å². The summed E-state index contributed by atoms with van der Waals surface area (Å²) in [6.45, 7) is 3.62. The van der Waals surface area contributed by atoms with Crippen molar-refractivity contribution in [3.63, 3.8) is 0 Å². The Hall–Kier alpha value is -0.0200. The van der Waals surface area contributed by atoms with Gasteiger partial charge in [0.2, 0.25) is 11.6 Å². The van der Waals surface area contributed by atoms with E-state index in [1.165, 1.54) is 0 Å². The summed E-state index contributed by atoms with van der Waals surface area (Å²) in [5.74, 6) is -1.68. The summed E-state index contributed by atoms with van der Waals surface area (Å²) in [4.78, 5) is 20.0. The number of ketones is 2. The van der Waals surface area contributed by atoms with Gasteiger partial charge >= 0.3 is 0 Å². The minimum atomic E-state index is -1.70. The van der Waals surface area contributed by atoms with Crippen LogP contribution in [0, 0.1) is 0 Å². The number of alkyl halides is 2. The number of fused-ring (bicyclic) bond motifs is 2. The lowest BCUT2D eigenvalue weighted by Gasteiger charge is -2.44. The molecule has 0 aliphatic heterocycles. The molecule has 0 N–H and O–H groups in total. The molecule has 3 aliphatic rings. The van der Waals surface area contributed by atoms with E-state index >= 15 is 0 Å². The topological polar surface area (TPSA) is 34.1 Å². The second-order valence-electron chi connectivity index (χ2n) is 3.53. The summed E-state index contributed by atoms with van der Waals surface area (Å²) in [5, 5.41) is -0.181. The zero-order valence-electron chi connectivity index (χ0n) is 7.24. The maximum Gasteiger partial charge on any atom is 0.231 e. The maximum absolute atomic E-state index is 11.7. The third-order valence-electron chi connectivity index (χ3n) is 2.67. The summed E-state index contributed by atoms with van der Waals surface area (Å²) in [5.41, 5.74) is 0.304. The van der Waals surface area contributed by atoms with E-state index in [9.17, 15) is 9.59 Å². The highest BCUT2D eigenvalue weighted by Crippen LogP contribution is 2.57. The summed E-state index contributed by atoms with van der Waals surface area (Å²) in [6, 6.07) is 0. The molecule has 0 amide bonds. The van der Waals surface area contributed by atoms with Crippen molar-refractivity contribution < 1.29 is 9.59 Å². The highest BCUT2D eigenvalue weighted by molar-refractivity contribution is 6.71. The van der Waals surface area contributed by atoms with Crippen LogP contribution in [0.5, 0.6) is 0 Å². The quantitative estimate of drug-likeness (QED) is 0.390. The number of carbonyl (C=O) groups is 2. The molecule has 0 radical (unpaired) electrons. The molecule has 0 aromatic rings. The number of allylic oxidation sites excluding steroid dienone is 3.